The van der Waals surface area contributed by atoms with Crippen molar-refractivity contribution in [3.05, 3.63) is 24.0 Å². The number of aromatic nitrogens is 4. The highest BCUT2D eigenvalue weighted by molar-refractivity contribution is 5.97. The molecule has 0 spiro atoms. The normalized spacial score (nSPS) is 14.6. The number of alkyl halides is 6. The van der Waals surface area contributed by atoms with Crippen LogP contribution in [0.3, 0.4) is 0 Å². The Morgan fingerprint density at radius 3 is 2.48 bits per heavy atom. The van der Waals surface area contributed by atoms with Crippen molar-refractivity contribution in [1.82, 2.24) is 19.9 Å². The van der Waals surface area contributed by atoms with E-state index in [1.165, 1.54) is 6.07 Å². The highest BCUT2D eigenvalue weighted by Crippen LogP contribution is 2.30. The number of rotatable bonds is 8. The van der Waals surface area contributed by atoms with Crippen LogP contribution in [0.5, 0.6) is 0 Å². The lowest BCUT2D eigenvalue weighted by Gasteiger charge is -2.10. The maximum Gasteiger partial charge on any atom is 0.433 e. The minimum absolute atomic E-state index is 0.00422. The third-order valence-corrected chi connectivity index (χ3v) is 4.02. The third kappa shape index (κ3) is 6.86. The van der Waals surface area contributed by atoms with Crippen molar-refractivity contribution in [3.63, 3.8) is 0 Å². The molecule has 0 saturated heterocycles. The number of hydrogen-bond donors (Lipinski definition) is 3. The third-order valence-electron chi connectivity index (χ3n) is 4.02. The van der Waals surface area contributed by atoms with E-state index in [4.69, 9.17) is 5.41 Å². The van der Waals surface area contributed by atoms with Gasteiger partial charge in [-0.1, -0.05) is 0 Å². The molecule has 0 amide bonds. The summed E-state index contributed by atoms with van der Waals surface area (Å²) in [5.41, 5.74) is -2.62. The summed E-state index contributed by atoms with van der Waals surface area (Å²) in [7, 11) is 0. The van der Waals surface area contributed by atoms with Crippen molar-refractivity contribution in [2.45, 2.75) is 31.6 Å². The molecule has 3 N–H and O–H groups in total. The Hall–Kier alpha value is -3.32. The fourth-order valence-corrected chi connectivity index (χ4v) is 2.24. The Kier molecular flexibility index (Phi) is 6.36. The molecule has 1 aliphatic carbocycles. The molecule has 0 bridgehead atoms. The fourth-order valence-electron chi connectivity index (χ4n) is 2.24. The first-order chi connectivity index (χ1) is 14.5. The van der Waals surface area contributed by atoms with Gasteiger partial charge in [-0.15, -0.1) is 0 Å². The summed E-state index contributed by atoms with van der Waals surface area (Å²) in [6.07, 6.45) is -6.36. The topological polar surface area (TPSA) is 112 Å². The van der Waals surface area contributed by atoms with Gasteiger partial charge in [0, 0.05) is 31.1 Å². The molecule has 0 unspecified atom stereocenters. The number of hydrogen-bond acceptors (Lipinski definition) is 8. The van der Waals surface area contributed by atoms with Gasteiger partial charge < -0.3 is 16.0 Å². The number of anilines is 3. The molecule has 0 atom stereocenters. The van der Waals surface area contributed by atoms with Gasteiger partial charge in [0.05, 0.1) is 0 Å². The van der Waals surface area contributed by atoms with Gasteiger partial charge in [0.15, 0.2) is 0 Å². The molecule has 0 radical (unpaired) electrons. The number of nitrogens with zero attached hydrogens (tertiary/aromatic N) is 5. The molecule has 0 aromatic carbocycles. The van der Waals surface area contributed by atoms with E-state index in [1.807, 2.05) is 0 Å². The molecule has 31 heavy (non-hydrogen) atoms. The zero-order valence-corrected chi connectivity index (χ0v) is 15.7. The second-order valence-electron chi connectivity index (χ2n) is 6.65. The predicted molar refractivity (Wildman–Crippen MR) is 100 cm³/mol. The van der Waals surface area contributed by atoms with Gasteiger partial charge in [-0.05, 0) is 30.9 Å². The summed E-state index contributed by atoms with van der Waals surface area (Å²) in [6, 6.07) is 2.03. The van der Waals surface area contributed by atoms with E-state index in [9.17, 15) is 26.3 Å². The lowest BCUT2D eigenvalue weighted by atomic mass is 10.3. The first-order valence-electron chi connectivity index (χ1n) is 8.98. The zero-order valence-electron chi connectivity index (χ0n) is 15.7. The average Bonchev–Trinajstić information content (AvgIpc) is 3.49. The van der Waals surface area contributed by atoms with E-state index >= 15 is 0 Å². The first kappa shape index (κ1) is 22.4. The van der Waals surface area contributed by atoms with Crippen LogP contribution in [0.25, 0.3) is 0 Å². The minimum atomic E-state index is -4.77. The largest absolute Gasteiger partial charge is 0.433 e. The van der Waals surface area contributed by atoms with Crippen LogP contribution >= 0.6 is 0 Å². The maximum atomic E-state index is 12.8. The van der Waals surface area contributed by atoms with Gasteiger partial charge in [-0.3, -0.25) is 4.98 Å². The number of halogens is 6. The van der Waals surface area contributed by atoms with Gasteiger partial charge in [0.2, 0.25) is 11.9 Å². The summed E-state index contributed by atoms with van der Waals surface area (Å²) in [4.78, 5) is 18.9. The van der Waals surface area contributed by atoms with Gasteiger partial charge in [-0.25, -0.2) is 4.99 Å². The SMILES string of the molecule is N=C(CC=Nc1nc(NCC2CC2)nc(Nc2ccnc(C(F)(F)F)c2)n1)C(F)(F)F. The number of nitrogens with one attached hydrogen (secondary N) is 3. The molecule has 1 saturated carbocycles. The van der Waals surface area contributed by atoms with E-state index in [-0.39, 0.29) is 23.5 Å². The Balaban J connectivity index is 1.80. The Morgan fingerprint density at radius 1 is 1.13 bits per heavy atom. The molecule has 2 aromatic heterocycles. The lowest BCUT2D eigenvalue weighted by Crippen LogP contribution is -2.21. The van der Waals surface area contributed by atoms with Crippen molar-refractivity contribution in [2.24, 2.45) is 10.9 Å². The van der Waals surface area contributed by atoms with Crippen molar-refractivity contribution in [1.29, 1.82) is 5.41 Å². The molecule has 8 nitrogen and oxygen atoms in total. The van der Waals surface area contributed by atoms with Crippen LogP contribution in [0.2, 0.25) is 0 Å². The molecule has 1 fully saturated rings. The monoisotopic (exact) mass is 446 g/mol. The lowest BCUT2D eigenvalue weighted by molar-refractivity contribution is -0.141. The van der Waals surface area contributed by atoms with E-state index in [0.29, 0.717) is 12.5 Å². The van der Waals surface area contributed by atoms with Crippen LogP contribution in [0.4, 0.5) is 49.9 Å². The van der Waals surface area contributed by atoms with E-state index in [2.05, 4.69) is 35.6 Å². The van der Waals surface area contributed by atoms with Crippen LogP contribution in [0.15, 0.2) is 23.3 Å². The van der Waals surface area contributed by atoms with Gasteiger partial charge >= 0.3 is 12.4 Å². The minimum Gasteiger partial charge on any atom is -0.354 e. The average molecular weight is 446 g/mol. The molecule has 166 valence electrons. The Morgan fingerprint density at radius 2 is 1.84 bits per heavy atom. The molecule has 0 aliphatic heterocycles. The summed E-state index contributed by atoms with van der Waals surface area (Å²) in [5, 5.41) is 12.5. The van der Waals surface area contributed by atoms with Crippen molar-refractivity contribution < 1.29 is 26.3 Å². The van der Waals surface area contributed by atoms with Crippen molar-refractivity contribution in [2.75, 3.05) is 17.2 Å². The van der Waals surface area contributed by atoms with Crippen LogP contribution in [0, 0.1) is 11.3 Å². The van der Waals surface area contributed by atoms with Gasteiger partial charge in [-0.2, -0.15) is 41.3 Å². The Bertz CT molecular complexity index is 968. The summed E-state index contributed by atoms with van der Waals surface area (Å²) in [6.45, 7) is 0.554. The van der Waals surface area contributed by atoms with E-state index < -0.39 is 30.2 Å². The second kappa shape index (κ2) is 8.81. The van der Waals surface area contributed by atoms with Gasteiger partial charge in [0.25, 0.3) is 5.95 Å². The van der Waals surface area contributed by atoms with Gasteiger partial charge in [0.1, 0.15) is 11.4 Å². The summed E-state index contributed by atoms with van der Waals surface area (Å²) >= 11 is 0. The smallest absolute Gasteiger partial charge is 0.354 e. The molecule has 2 heterocycles. The molecule has 3 rings (SSSR count). The standard InChI is InChI=1S/C17H16F6N8/c18-16(19,20)11(24)4-6-26-13-29-14(27-8-9-1-2-9)31-15(30-13)28-10-3-5-25-12(7-10)17(21,22)23/h3,5-7,9,24H,1-2,4,8H2,(H2,25,27,28,29,30,31). The van der Waals surface area contributed by atoms with Crippen LogP contribution < -0.4 is 10.6 Å². The van der Waals surface area contributed by atoms with Crippen molar-refractivity contribution >= 4 is 35.5 Å². The molecule has 1 aliphatic rings. The molecular weight excluding hydrogens is 430 g/mol. The van der Waals surface area contributed by atoms with Crippen LogP contribution in [-0.2, 0) is 6.18 Å². The maximum absolute atomic E-state index is 12.8. The summed E-state index contributed by atoms with van der Waals surface area (Å²) < 4.78 is 75.8. The Labute approximate surface area is 171 Å². The number of aliphatic imine (C=N–C) groups is 1. The highest BCUT2D eigenvalue weighted by Gasteiger charge is 2.33. The quantitative estimate of drug-likeness (QED) is 0.406. The molecule has 2 aromatic rings. The van der Waals surface area contributed by atoms with Crippen molar-refractivity contribution in [3.8, 4) is 0 Å². The highest BCUT2D eigenvalue weighted by atomic mass is 19.4. The second-order valence-corrected chi connectivity index (χ2v) is 6.65. The fraction of sp³-hybridized carbons (Fsp3) is 0.412. The van der Waals surface area contributed by atoms with E-state index in [1.54, 1.807) is 0 Å². The first-order valence-corrected chi connectivity index (χ1v) is 8.98. The van der Waals surface area contributed by atoms with E-state index in [0.717, 1.165) is 31.3 Å². The molecule has 14 heteroatoms. The predicted octanol–water partition coefficient (Wildman–Crippen LogP) is 4.53. The zero-order chi connectivity index (χ0) is 22.6. The van der Waals surface area contributed by atoms with Crippen LogP contribution in [0.1, 0.15) is 25.0 Å². The van der Waals surface area contributed by atoms with Crippen LogP contribution in [-0.4, -0.2) is 44.6 Å². The molecular formula is C17H16F6N8. The number of pyridine rings is 1. The summed E-state index contributed by atoms with van der Waals surface area (Å²) in [5.74, 6) is 0.0796.